The maximum absolute atomic E-state index is 13.9. The van der Waals surface area contributed by atoms with Crippen LogP contribution < -0.4 is 0 Å². The number of hydrogen-bond acceptors (Lipinski definition) is 2. The van der Waals surface area contributed by atoms with Crippen LogP contribution in [-0.4, -0.2) is 14.8 Å². The summed E-state index contributed by atoms with van der Waals surface area (Å²) in [5, 5.41) is 6.37. The van der Waals surface area contributed by atoms with Gasteiger partial charge < -0.3 is 0 Å². The number of aromatic nitrogens is 3. The number of aryl methyl sites for hydroxylation is 1. The molecule has 1 fully saturated rings. The van der Waals surface area contributed by atoms with Crippen molar-refractivity contribution in [1.82, 2.24) is 14.8 Å². The van der Waals surface area contributed by atoms with Gasteiger partial charge in [0.1, 0.15) is 0 Å². The SMILES string of the molecule is Cn1nc(C2CC2)c2c(C(F)(F)F)cc(-c3cccc4ccccc34)nc21. The predicted octanol–water partition coefficient (Wildman–Crippen LogP) is 5.68. The lowest BCUT2D eigenvalue weighted by Gasteiger charge is -2.13. The van der Waals surface area contributed by atoms with Crippen molar-refractivity contribution >= 4 is 21.8 Å². The molecule has 1 aliphatic carbocycles. The van der Waals surface area contributed by atoms with E-state index in [4.69, 9.17) is 0 Å². The molecule has 0 unspecified atom stereocenters. The van der Waals surface area contributed by atoms with Gasteiger partial charge in [-0.25, -0.2) is 4.98 Å². The van der Waals surface area contributed by atoms with Gasteiger partial charge in [-0.15, -0.1) is 0 Å². The molecule has 27 heavy (non-hydrogen) atoms. The summed E-state index contributed by atoms with van der Waals surface area (Å²) in [6.45, 7) is 0. The minimum atomic E-state index is -4.47. The van der Waals surface area contributed by atoms with Crippen LogP contribution in [0.25, 0.3) is 33.1 Å². The summed E-state index contributed by atoms with van der Waals surface area (Å²) in [5.74, 6) is 0.111. The fourth-order valence-corrected chi connectivity index (χ4v) is 3.73. The van der Waals surface area contributed by atoms with E-state index in [9.17, 15) is 13.2 Å². The largest absolute Gasteiger partial charge is 0.417 e. The third-order valence-corrected chi connectivity index (χ3v) is 5.16. The molecule has 0 saturated heterocycles. The van der Waals surface area contributed by atoms with Crippen LogP contribution in [-0.2, 0) is 13.2 Å². The topological polar surface area (TPSA) is 30.7 Å². The average Bonchev–Trinajstić information content (AvgIpc) is 3.44. The Morgan fingerprint density at radius 2 is 1.78 bits per heavy atom. The molecule has 1 aliphatic rings. The average molecular weight is 367 g/mol. The minimum absolute atomic E-state index is 0.111. The van der Waals surface area contributed by atoms with Gasteiger partial charge in [0, 0.05) is 18.5 Å². The zero-order chi connectivity index (χ0) is 18.8. The van der Waals surface area contributed by atoms with E-state index < -0.39 is 11.7 Å². The molecule has 2 aromatic carbocycles. The number of rotatable bonds is 2. The molecule has 5 rings (SSSR count). The van der Waals surface area contributed by atoms with Crippen molar-refractivity contribution in [3.8, 4) is 11.3 Å². The number of alkyl halides is 3. The number of hydrogen-bond donors (Lipinski definition) is 0. The van der Waals surface area contributed by atoms with Crippen molar-refractivity contribution in [2.24, 2.45) is 7.05 Å². The predicted molar refractivity (Wildman–Crippen MR) is 98.4 cm³/mol. The minimum Gasteiger partial charge on any atom is -0.250 e. The molecule has 0 atom stereocenters. The van der Waals surface area contributed by atoms with Crippen LogP contribution in [0.5, 0.6) is 0 Å². The molecule has 1 saturated carbocycles. The Morgan fingerprint density at radius 3 is 2.52 bits per heavy atom. The Hall–Kier alpha value is -2.89. The quantitative estimate of drug-likeness (QED) is 0.456. The fourth-order valence-electron chi connectivity index (χ4n) is 3.73. The number of benzene rings is 2. The van der Waals surface area contributed by atoms with Crippen molar-refractivity contribution in [3.63, 3.8) is 0 Å². The molecule has 0 spiro atoms. The molecule has 0 aliphatic heterocycles. The van der Waals surface area contributed by atoms with E-state index in [-0.39, 0.29) is 17.0 Å². The highest BCUT2D eigenvalue weighted by Gasteiger charge is 2.39. The molecule has 3 nitrogen and oxygen atoms in total. The number of fused-ring (bicyclic) bond motifs is 2. The molecule has 136 valence electrons. The second-order valence-electron chi connectivity index (χ2n) is 7.06. The zero-order valence-corrected chi connectivity index (χ0v) is 14.6. The Kier molecular flexibility index (Phi) is 3.35. The second kappa shape index (κ2) is 5.55. The molecule has 4 aromatic rings. The molecule has 2 heterocycles. The van der Waals surface area contributed by atoms with Gasteiger partial charge in [0.15, 0.2) is 5.65 Å². The second-order valence-corrected chi connectivity index (χ2v) is 7.06. The van der Waals surface area contributed by atoms with E-state index in [0.717, 1.165) is 23.6 Å². The van der Waals surface area contributed by atoms with E-state index in [1.165, 1.54) is 10.7 Å². The Bertz CT molecular complexity index is 1180. The van der Waals surface area contributed by atoms with Crippen molar-refractivity contribution in [1.29, 1.82) is 0 Å². The van der Waals surface area contributed by atoms with Crippen molar-refractivity contribution in [2.45, 2.75) is 24.9 Å². The van der Waals surface area contributed by atoms with Crippen LogP contribution in [0.2, 0.25) is 0 Å². The highest BCUT2D eigenvalue weighted by Crippen LogP contribution is 2.46. The molecule has 0 N–H and O–H groups in total. The molecule has 0 radical (unpaired) electrons. The summed E-state index contributed by atoms with van der Waals surface area (Å²) in [4.78, 5) is 4.60. The van der Waals surface area contributed by atoms with Gasteiger partial charge in [-0.1, -0.05) is 42.5 Å². The Morgan fingerprint density at radius 1 is 1.04 bits per heavy atom. The van der Waals surface area contributed by atoms with Crippen LogP contribution in [0.4, 0.5) is 13.2 Å². The first-order chi connectivity index (χ1) is 12.9. The van der Waals surface area contributed by atoms with Gasteiger partial charge in [0.25, 0.3) is 0 Å². The van der Waals surface area contributed by atoms with Crippen LogP contribution in [0.3, 0.4) is 0 Å². The van der Waals surface area contributed by atoms with E-state index in [1.807, 2.05) is 42.5 Å². The maximum Gasteiger partial charge on any atom is 0.417 e. The Labute approximate surface area is 153 Å². The molecule has 0 amide bonds. The standard InChI is InChI=1S/C21H16F3N3/c1-27-20-18(19(26-27)13-9-10-13)16(21(22,23)24)11-17(25-20)15-8-4-6-12-5-2-3-7-14(12)15/h2-8,11,13H,9-10H2,1H3. The van der Waals surface area contributed by atoms with Crippen molar-refractivity contribution in [2.75, 3.05) is 0 Å². The summed E-state index contributed by atoms with van der Waals surface area (Å²) in [6.07, 6.45) is -2.70. The van der Waals surface area contributed by atoms with E-state index in [2.05, 4.69) is 10.1 Å². The van der Waals surface area contributed by atoms with Gasteiger partial charge in [-0.05, 0) is 29.7 Å². The lowest BCUT2D eigenvalue weighted by atomic mass is 9.99. The van der Waals surface area contributed by atoms with E-state index >= 15 is 0 Å². The number of nitrogens with zero attached hydrogens (tertiary/aromatic N) is 3. The van der Waals surface area contributed by atoms with E-state index in [1.54, 1.807) is 7.05 Å². The summed E-state index contributed by atoms with van der Waals surface area (Å²) in [7, 11) is 1.66. The van der Waals surface area contributed by atoms with Crippen molar-refractivity contribution < 1.29 is 13.2 Å². The first-order valence-corrected chi connectivity index (χ1v) is 8.86. The summed E-state index contributed by atoms with van der Waals surface area (Å²) in [6, 6.07) is 14.4. The van der Waals surface area contributed by atoms with E-state index in [0.29, 0.717) is 17.0 Å². The zero-order valence-electron chi connectivity index (χ0n) is 14.6. The van der Waals surface area contributed by atoms with Crippen LogP contribution in [0, 0.1) is 0 Å². The third kappa shape index (κ3) is 2.59. The number of pyridine rings is 1. The van der Waals surface area contributed by atoms with Crippen LogP contribution in [0.15, 0.2) is 48.5 Å². The summed E-state index contributed by atoms with van der Waals surface area (Å²) in [5.41, 5.74) is 1.17. The fraction of sp³-hybridized carbons (Fsp3) is 0.238. The smallest absolute Gasteiger partial charge is 0.250 e. The first-order valence-electron chi connectivity index (χ1n) is 8.86. The molecule has 0 bridgehead atoms. The van der Waals surface area contributed by atoms with Gasteiger partial charge in [0.05, 0.1) is 22.3 Å². The number of halogens is 3. The van der Waals surface area contributed by atoms with Crippen LogP contribution >= 0.6 is 0 Å². The van der Waals surface area contributed by atoms with Gasteiger partial charge >= 0.3 is 6.18 Å². The maximum atomic E-state index is 13.9. The lowest BCUT2D eigenvalue weighted by Crippen LogP contribution is -2.08. The van der Waals surface area contributed by atoms with Gasteiger partial charge in [-0.3, -0.25) is 4.68 Å². The molecular formula is C21H16F3N3. The summed E-state index contributed by atoms with van der Waals surface area (Å²) >= 11 is 0. The Balaban J connectivity index is 1.85. The van der Waals surface area contributed by atoms with Gasteiger partial charge in [0.2, 0.25) is 0 Å². The molecule has 6 heteroatoms. The normalized spacial score (nSPS) is 15.0. The highest BCUT2D eigenvalue weighted by molar-refractivity contribution is 5.97. The molecular weight excluding hydrogens is 351 g/mol. The third-order valence-electron chi connectivity index (χ3n) is 5.16. The van der Waals surface area contributed by atoms with Crippen LogP contribution in [0.1, 0.15) is 30.0 Å². The lowest BCUT2D eigenvalue weighted by molar-refractivity contribution is -0.136. The molecule has 2 aromatic heterocycles. The summed E-state index contributed by atoms with van der Waals surface area (Å²) < 4.78 is 43.3. The monoisotopic (exact) mass is 367 g/mol. The van der Waals surface area contributed by atoms with Gasteiger partial charge in [-0.2, -0.15) is 18.3 Å². The van der Waals surface area contributed by atoms with Crippen molar-refractivity contribution in [3.05, 3.63) is 59.8 Å². The highest BCUT2D eigenvalue weighted by atomic mass is 19.4. The first kappa shape index (κ1) is 16.3.